The number of benzene rings is 2. The first-order valence-corrected chi connectivity index (χ1v) is 6.71. The van der Waals surface area contributed by atoms with Gasteiger partial charge in [0, 0.05) is 17.8 Å². The first-order chi connectivity index (χ1) is 9.06. The number of nitro groups is 1. The molecule has 1 unspecified atom stereocenters. The van der Waals surface area contributed by atoms with Gasteiger partial charge in [-0.05, 0) is 25.1 Å². The van der Waals surface area contributed by atoms with Crippen LogP contribution < -0.4 is 4.72 Å². The van der Waals surface area contributed by atoms with Crippen molar-refractivity contribution in [1.82, 2.24) is 0 Å². The van der Waals surface area contributed by atoms with E-state index in [0.29, 0.717) is 10.6 Å². The summed E-state index contributed by atoms with van der Waals surface area (Å²) in [5, 5.41) is 10.7. The number of nitrogens with one attached hydrogen (secondary N) is 1. The predicted octanol–water partition coefficient (Wildman–Crippen LogP) is 3.04. The van der Waals surface area contributed by atoms with Crippen LogP contribution in [0.15, 0.2) is 53.4 Å². The van der Waals surface area contributed by atoms with Crippen molar-refractivity contribution in [3.63, 3.8) is 0 Å². The highest BCUT2D eigenvalue weighted by Gasteiger charge is 2.10. The second-order valence-corrected chi connectivity index (χ2v) is 5.20. The molecule has 0 aromatic heterocycles. The molecule has 1 atom stereocenters. The number of rotatable bonds is 4. The Bertz CT molecular complexity index is 626. The van der Waals surface area contributed by atoms with E-state index in [1.165, 1.54) is 18.2 Å². The lowest BCUT2D eigenvalue weighted by Crippen LogP contribution is -2.05. The first kappa shape index (κ1) is 13.2. The van der Waals surface area contributed by atoms with Crippen molar-refractivity contribution in [2.75, 3.05) is 4.72 Å². The highest BCUT2D eigenvalue weighted by molar-refractivity contribution is 7.86. The van der Waals surface area contributed by atoms with E-state index < -0.39 is 15.9 Å². The average Bonchev–Trinajstić information content (AvgIpc) is 2.41. The quantitative estimate of drug-likeness (QED) is 0.689. The fourth-order valence-corrected chi connectivity index (χ4v) is 2.40. The summed E-state index contributed by atoms with van der Waals surface area (Å²) in [7, 11) is -1.52. The molecule has 5 nitrogen and oxygen atoms in total. The Morgan fingerprint density at radius 1 is 1.16 bits per heavy atom. The first-order valence-electron chi connectivity index (χ1n) is 5.56. The summed E-state index contributed by atoms with van der Waals surface area (Å²) in [4.78, 5) is 10.5. The van der Waals surface area contributed by atoms with Crippen LogP contribution in [0.3, 0.4) is 0 Å². The van der Waals surface area contributed by atoms with Gasteiger partial charge in [0.05, 0.1) is 9.82 Å². The smallest absolute Gasteiger partial charge is 0.270 e. The summed E-state index contributed by atoms with van der Waals surface area (Å²) in [6.45, 7) is 1.96. The second kappa shape index (κ2) is 5.62. The molecule has 0 saturated heterocycles. The molecule has 1 N–H and O–H groups in total. The van der Waals surface area contributed by atoms with Crippen molar-refractivity contribution >= 4 is 22.4 Å². The van der Waals surface area contributed by atoms with Crippen LogP contribution in [0.2, 0.25) is 0 Å². The second-order valence-electron chi connectivity index (χ2n) is 3.99. The molecule has 0 saturated carbocycles. The monoisotopic (exact) mass is 276 g/mol. The topological polar surface area (TPSA) is 72.2 Å². The van der Waals surface area contributed by atoms with Crippen LogP contribution in [0.5, 0.6) is 0 Å². The number of hydrogen-bond acceptors (Lipinski definition) is 3. The third-order valence-corrected chi connectivity index (χ3v) is 3.61. The van der Waals surface area contributed by atoms with Gasteiger partial charge >= 0.3 is 0 Å². The molecule has 0 aliphatic heterocycles. The van der Waals surface area contributed by atoms with Crippen molar-refractivity contribution in [1.29, 1.82) is 0 Å². The molecule has 98 valence electrons. The maximum atomic E-state index is 12.1. The van der Waals surface area contributed by atoms with Gasteiger partial charge in [0.1, 0.15) is 0 Å². The van der Waals surface area contributed by atoms with E-state index in [1.54, 1.807) is 6.07 Å². The van der Waals surface area contributed by atoms with Crippen LogP contribution in [0.4, 0.5) is 11.4 Å². The van der Waals surface area contributed by atoms with E-state index in [2.05, 4.69) is 4.72 Å². The van der Waals surface area contributed by atoms with E-state index in [0.717, 1.165) is 5.56 Å². The van der Waals surface area contributed by atoms with Gasteiger partial charge in [0.2, 0.25) is 0 Å². The molecule has 2 aromatic rings. The molecular weight excluding hydrogens is 264 g/mol. The zero-order valence-corrected chi connectivity index (χ0v) is 11.0. The van der Waals surface area contributed by atoms with Crippen molar-refractivity contribution in [3.05, 3.63) is 64.2 Å². The van der Waals surface area contributed by atoms with Crippen LogP contribution in [-0.2, 0) is 11.0 Å². The summed E-state index contributed by atoms with van der Waals surface area (Å²) in [6, 6.07) is 13.2. The van der Waals surface area contributed by atoms with Crippen LogP contribution in [-0.4, -0.2) is 9.13 Å². The minimum absolute atomic E-state index is 0.0726. The minimum atomic E-state index is -1.52. The van der Waals surface area contributed by atoms with Crippen molar-refractivity contribution in [3.8, 4) is 0 Å². The molecule has 0 spiro atoms. The van der Waals surface area contributed by atoms with Gasteiger partial charge in [0.15, 0.2) is 11.0 Å². The van der Waals surface area contributed by atoms with Crippen molar-refractivity contribution in [2.24, 2.45) is 0 Å². The number of nitro benzene ring substituents is 1. The Labute approximate surface area is 113 Å². The molecule has 0 radical (unpaired) electrons. The van der Waals surface area contributed by atoms with Crippen molar-refractivity contribution in [2.45, 2.75) is 11.8 Å². The van der Waals surface area contributed by atoms with Crippen LogP contribution in [0.25, 0.3) is 0 Å². The molecule has 0 aliphatic rings. The van der Waals surface area contributed by atoms with Gasteiger partial charge in [-0.3, -0.25) is 10.1 Å². The van der Waals surface area contributed by atoms with Gasteiger partial charge in [-0.25, -0.2) is 4.21 Å². The molecule has 0 amide bonds. The molecule has 6 heteroatoms. The normalized spacial score (nSPS) is 11.8. The van der Waals surface area contributed by atoms with Crippen LogP contribution >= 0.6 is 0 Å². The maximum Gasteiger partial charge on any atom is 0.270 e. The largest absolute Gasteiger partial charge is 0.301 e. The number of hydrogen-bond donors (Lipinski definition) is 1. The van der Waals surface area contributed by atoms with Crippen LogP contribution in [0.1, 0.15) is 5.56 Å². The number of non-ortho nitro benzene ring substituents is 1. The zero-order valence-electron chi connectivity index (χ0n) is 10.2. The summed E-state index contributed by atoms with van der Waals surface area (Å²) >= 11 is 0. The Balaban J connectivity index is 2.18. The molecule has 2 aromatic carbocycles. The molecule has 2 rings (SSSR count). The average molecular weight is 276 g/mol. The Morgan fingerprint density at radius 2 is 1.84 bits per heavy atom. The Morgan fingerprint density at radius 3 is 2.47 bits per heavy atom. The van der Waals surface area contributed by atoms with Gasteiger partial charge < -0.3 is 4.72 Å². The lowest BCUT2D eigenvalue weighted by Gasteiger charge is -2.06. The van der Waals surface area contributed by atoms with E-state index in [1.807, 2.05) is 31.2 Å². The SMILES string of the molecule is Cc1ccc(NS(=O)c2cccc([N+](=O)[O-])c2)cc1. The third-order valence-electron chi connectivity index (χ3n) is 2.50. The zero-order chi connectivity index (χ0) is 13.8. The van der Waals surface area contributed by atoms with Gasteiger partial charge in [-0.2, -0.15) is 0 Å². The molecular formula is C13H12N2O3S. The highest BCUT2D eigenvalue weighted by atomic mass is 32.2. The summed E-state index contributed by atoms with van der Waals surface area (Å²) in [6.07, 6.45) is 0. The lowest BCUT2D eigenvalue weighted by atomic mass is 10.2. The molecule has 19 heavy (non-hydrogen) atoms. The van der Waals surface area contributed by atoms with Gasteiger partial charge in [-0.15, -0.1) is 0 Å². The predicted molar refractivity (Wildman–Crippen MR) is 74.3 cm³/mol. The van der Waals surface area contributed by atoms with Crippen LogP contribution in [0, 0.1) is 17.0 Å². The van der Waals surface area contributed by atoms with E-state index >= 15 is 0 Å². The Kier molecular flexibility index (Phi) is 3.91. The van der Waals surface area contributed by atoms with Crippen molar-refractivity contribution < 1.29 is 9.13 Å². The lowest BCUT2D eigenvalue weighted by molar-refractivity contribution is -0.385. The fraction of sp³-hybridized carbons (Fsp3) is 0.0769. The number of anilines is 1. The third kappa shape index (κ3) is 3.38. The number of nitrogens with zero attached hydrogens (tertiary/aromatic N) is 1. The minimum Gasteiger partial charge on any atom is -0.301 e. The fourth-order valence-electron chi connectivity index (χ4n) is 1.50. The highest BCUT2D eigenvalue weighted by Crippen LogP contribution is 2.18. The van der Waals surface area contributed by atoms with E-state index in [9.17, 15) is 14.3 Å². The molecule has 0 aliphatic carbocycles. The van der Waals surface area contributed by atoms with Gasteiger partial charge in [-0.1, -0.05) is 23.8 Å². The number of aryl methyl sites for hydroxylation is 1. The van der Waals surface area contributed by atoms with E-state index in [4.69, 9.17) is 0 Å². The summed E-state index contributed by atoms with van der Waals surface area (Å²) < 4.78 is 14.9. The van der Waals surface area contributed by atoms with Gasteiger partial charge in [0.25, 0.3) is 5.69 Å². The Hall–Kier alpha value is -2.21. The molecule has 0 heterocycles. The maximum absolute atomic E-state index is 12.1. The standard InChI is InChI=1S/C13H12N2O3S/c1-10-5-7-11(8-6-10)14-19(18)13-4-2-3-12(9-13)15(16)17/h2-9,14H,1H3. The molecule has 0 bridgehead atoms. The molecule has 0 fully saturated rings. The summed E-state index contributed by atoms with van der Waals surface area (Å²) in [5.74, 6) is 0. The summed E-state index contributed by atoms with van der Waals surface area (Å²) in [5.41, 5.74) is 1.73. The van der Waals surface area contributed by atoms with E-state index in [-0.39, 0.29) is 5.69 Å².